The van der Waals surface area contributed by atoms with E-state index in [1.54, 1.807) is 6.33 Å². The lowest BCUT2D eigenvalue weighted by molar-refractivity contribution is 0.828. The quantitative estimate of drug-likeness (QED) is 0.335. The summed E-state index contributed by atoms with van der Waals surface area (Å²) in [6, 6.07) is 11.4. The second-order valence-electron chi connectivity index (χ2n) is 6.17. The van der Waals surface area contributed by atoms with Gasteiger partial charge in [0, 0.05) is 21.5 Å². The lowest BCUT2D eigenvalue weighted by atomic mass is 10.1. The molecule has 0 amide bonds. The van der Waals surface area contributed by atoms with E-state index >= 15 is 0 Å². The molecule has 0 fully saturated rings. The molecular weight excluding hydrogens is 391 g/mol. The van der Waals surface area contributed by atoms with Crippen molar-refractivity contribution in [1.29, 1.82) is 0 Å². The minimum absolute atomic E-state index is 0.404. The molecule has 0 saturated carbocycles. The molecule has 28 heavy (non-hydrogen) atoms. The second-order valence-corrected chi connectivity index (χ2v) is 7.01. The third-order valence-corrected chi connectivity index (χ3v) is 4.53. The molecule has 0 N–H and O–H groups in total. The minimum Gasteiger partial charge on any atom is -0.241 e. The Balaban J connectivity index is 0.000000186. The van der Waals surface area contributed by atoms with Crippen LogP contribution >= 0.6 is 23.2 Å². The van der Waals surface area contributed by atoms with Gasteiger partial charge in [-0.1, -0.05) is 63.0 Å². The highest BCUT2D eigenvalue weighted by molar-refractivity contribution is 6.35. The molecule has 0 aliphatic rings. The molecule has 146 valence electrons. The number of aryl methyl sites for hydroxylation is 1. The largest absolute Gasteiger partial charge is 0.241 e. The third-order valence-electron chi connectivity index (χ3n) is 3.99. The summed E-state index contributed by atoms with van der Waals surface area (Å²) in [5, 5.41) is 3.50. The van der Waals surface area contributed by atoms with Crippen LogP contribution in [0, 0.1) is 6.92 Å². The summed E-state index contributed by atoms with van der Waals surface area (Å²) < 4.78 is 0. The van der Waals surface area contributed by atoms with Gasteiger partial charge in [-0.25, -0.2) is 19.9 Å². The van der Waals surface area contributed by atoms with E-state index in [4.69, 9.17) is 23.2 Å². The first kappa shape index (κ1) is 22.0. The van der Waals surface area contributed by atoms with Crippen LogP contribution in [-0.2, 0) is 0 Å². The fraction of sp³-hybridized carbons (Fsp3) is 0.273. The molecular formula is C22H24Cl2N4. The Labute approximate surface area is 176 Å². The second kappa shape index (κ2) is 10.3. The molecule has 0 aliphatic carbocycles. The summed E-state index contributed by atoms with van der Waals surface area (Å²) in [6.45, 7) is 10.2. The Morgan fingerprint density at radius 2 is 1.54 bits per heavy atom. The summed E-state index contributed by atoms with van der Waals surface area (Å²) >= 11 is 11.8. The van der Waals surface area contributed by atoms with Crippen molar-refractivity contribution in [3.8, 4) is 0 Å². The molecule has 2 heterocycles. The maximum atomic E-state index is 5.94. The summed E-state index contributed by atoms with van der Waals surface area (Å²) in [4.78, 5) is 16.6. The Hall–Kier alpha value is -2.30. The van der Waals surface area contributed by atoms with Crippen LogP contribution < -0.4 is 0 Å². The Kier molecular flexibility index (Phi) is 8.09. The van der Waals surface area contributed by atoms with Gasteiger partial charge in [0.15, 0.2) is 0 Å². The molecule has 0 aliphatic heterocycles. The van der Waals surface area contributed by atoms with Crippen LogP contribution in [0.5, 0.6) is 0 Å². The number of para-hydroxylation sites is 1. The van der Waals surface area contributed by atoms with Crippen molar-refractivity contribution in [2.75, 3.05) is 0 Å². The first-order chi connectivity index (χ1) is 13.5. The topological polar surface area (TPSA) is 51.6 Å². The number of benzene rings is 2. The fourth-order valence-corrected chi connectivity index (χ4v) is 3.08. The van der Waals surface area contributed by atoms with E-state index in [-0.39, 0.29) is 0 Å². The molecule has 2 aromatic carbocycles. The predicted octanol–water partition coefficient (Wildman–Crippen LogP) is 7.02. The van der Waals surface area contributed by atoms with Crippen molar-refractivity contribution in [3.63, 3.8) is 0 Å². The van der Waals surface area contributed by atoms with Gasteiger partial charge in [0.25, 0.3) is 0 Å². The number of hydrogen-bond donors (Lipinski definition) is 0. The van der Waals surface area contributed by atoms with Crippen molar-refractivity contribution < 1.29 is 0 Å². The maximum Gasteiger partial charge on any atom is 0.116 e. The number of aromatic nitrogens is 4. The Bertz CT molecular complexity index is 1020. The van der Waals surface area contributed by atoms with Crippen molar-refractivity contribution in [3.05, 3.63) is 70.5 Å². The van der Waals surface area contributed by atoms with E-state index in [1.807, 2.05) is 57.2 Å². The molecule has 4 nitrogen and oxygen atoms in total. The molecule has 4 rings (SSSR count). The van der Waals surface area contributed by atoms with Crippen molar-refractivity contribution in [1.82, 2.24) is 19.9 Å². The van der Waals surface area contributed by atoms with Gasteiger partial charge in [0.1, 0.15) is 12.7 Å². The summed E-state index contributed by atoms with van der Waals surface area (Å²) in [6.07, 6.45) is 3.12. The molecule has 0 atom stereocenters. The molecule has 0 unspecified atom stereocenters. The SMILES string of the molecule is CC.CC(C)c1ncnc2cc(Cl)ccc12.Cc1ncnc2c(Cl)cccc12. The molecule has 6 heteroatoms. The highest BCUT2D eigenvalue weighted by atomic mass is 35.5. The molecule has 2 aromatic heterocycles. The minimum atomic E-state index is 0.404. The zero-order chi connectivity index (χ0) is 20.7. The van der Waals surface area contributed by atoms with Crippen LogP contribution in [0.2, 0.25) is 10.0 Å². The van der Waals surface area contributed by atoms with Gasteiger partial charge < -0.3 is 0 Å². The van der Waals surface area contributed by atoms with Gasteiger partial charge in [-0.05, 0) is 37.1 Å². The van der Waals surface area contributed by atoms with Gasteiger partial charge in [0.05, 0.1) is 21.7 Å². The van der Waals surface area contributed by atoms with Gasteiger partial charge in [-0.3, -0.25) is 0 Å². The summed E-state index contributed by atoms with van der Waals surface area (Å²) in [5.41, 5.74) is 3.78. The van der Waals surface area contributed by atoms with E-state index in [2.05, 4.69) is 33.8 Å². The highest BCUT2D eigenvalue weighted by Crippen LogP contribution is 2.24. The standard InChI is InChI=1S/C11H11ClN2.C9H7ClN2.C2H6/c1-7(2)11-9-4-3-8(12)5-10(9)13-6-14-11;1-6-7-3-2-4-8(10)9(7)12-5-11-6;1-2/h3-7H,1-2H3;2-5H,1H3;1-2H3. The van der Waals surface area contributed by atoms with Crippen molar-refractivity contribution >= 4 is 45.0 Å². The number of hydrogen-bond acceptors (Lipinski definition) is 4. The smallest absolute Gasteiger partial charge is 0.116 e. The van der Waals surface area contributed by atoms with E-state index in [9.17, 15) is 0 Å². The zero-order valence-corrected chi connectivity index (χ0v) is 18.3. The number of rotatable bonds is 1. The van der Waals surface area contributed by atoms with E-state index in [0.29, 0.717) is 16.0 Å². The van der Waals surface area contributed by atoms with Crippen LogP contribution in [0.4, 0.5) is 0 Å². The summed E-state index contributed by atoms with van der Waals surface area (Å²) in [5.74, 6) is 0.404. The van der Waals surface area contributed by atoms with Gasteiger partial charge >= 0.3 is 0 Å². The monoisotopic (exact) mass is 414 g/mol. The normalized spacial score (nSPS) is 10.3. The number of halogens is 2. The van der Waals surface area contributed by atoms with Crippen molar-refractivity contribution in [2.24, 2.45) is 0 Å². The number of fused-ring (bicyclic) bond motifs is 2. The molecule has 0 spiro atoms. The fourth-order valence-electron chi connectivity index (χ4n) is 2.69. The zero-order valence-electron chi connectivity index (χ0n) is 16.7. The van der Waals surface area contributed by atoms with E-state index in [1.165, 1.54) is 6.33 Å². The van der Waals surface area contributed by atoms with E-state index in [0.717, 1.165) is 33.2 Å². The Morgan fingerprint density at radius 1 is 0.821 bits per heavy atom. The van der Waals surface area contributed by atoms with Crippen LogP contribution in [0.15, 0.2) is 49.1 Å². The van der Waals surface area contributed by atoms with Gasteiger partial charge in [0.2, 0.25) is 0 Å². The molecule has 0 bridgehead atoms. The lowest BCUT2D eigenvalue weighted by Gasteiger charge is -2.07. The van der Waals surface area contributed by atoms with Crippen LogP contribution in [0.25, 0.3) is 21.8 Å². The van der Waals surface area contributed by atoms with Crippen LogP contribution in [-0.4, -0.2) is 19.9 Å². The molecule has 0 radical (unpaired) electrons. The average Bonchev–Trinajstić information content (AvgIpc) is 2.70. The average molecular weight is 415 g/mol. The van der Waals surface area contributed by atoms with Crippen LogP contribution in [0.1, 0.15) is 45.0 Å². The third kappa shape index (κ3) is 5.15. The molecule has 0 saturated heterocycles. The highest BCUT2D eigenvalue weighted by Gasteiger charge is 2.07. The predicted molar refractivity (Wildman–Crippen MR) is 119 cm³/mol. The van der Waals surface area contributed by atoms with Crippen LogP contribution in [0.3, 0.4) is 0 Å². The lowest BCUT2D eigenvalue weighted by Crippen LogP contribution is -1.95. The summed E-state index contributed by atoms with van der Waals surface area (Å²) in [7, 11) is 0. The number of nitrogens with zero attached hydrogens (tertiary/aromatic N) is 4. The molecule has 4 aromatic rings. The van der Waals surface area contributed by atoms with Crippen molar-refractivity contribution in [2.45, 2.75) is 40.5 Å². The van der Waals surface area contributed by atoms with Gasteiger partial charge in [-0.15, -0.1) is 0 Å². The Morgan fingerprint density at radius 3 is 2.21 bits per heavy atom. The maximum absolute atomic E-state index is 5.94. The van der Waals surface area contributed by atoms with E-state index < -0.39 is 0 Å². The first-order valence-corrected chi connectivity index (χ1v) is 9.99. The first-order valence-electron chi connectivity index (χ1n) is 9.23. The van der Waals surface area contributed by atoms with Gasteiger partial charge in [-0.2, -0.15) is 0 Å².